The average molecular weight is 841 g/mol. The first kappa shape index (κ1) is 44.1. The van der Waals surface area contributed by atoms with Gasteiger partial charge < -0.3 is 9.64 Å². The molecule has 4 aromatic carbocycles. The molecule has 0 aromatic heterocycles. The molecule has 61 heavy (non-hydrogen) atoms. The number of fused-ring (bicyclic) bond motifs is 6. The summed E-state index contributed by atoms with van der Waals surface area (Å²) in [5.41, 5.74) is 9.03. The monoisotopic (exact) mass is 840 g/mol. The molecule has 0 radical (unpaired) electrons. The van der Waals surface area contributed by atoms with Crippen LogP contribution in [0.2, 0.25) is 0 Å². The van der Waals surface area contributed by atoms with Gasteiger partial charge in [-0.1, -0.05) is 111 Å². The third-order valence-electron chi connectivity index (χ3n) is 12.3. The lowest BCUT2D eigenvalue weighted by atomic mass is 9.79. The molecule has 8 nitrogen and oxygen atoms in total. The van der Waals surface area contributed by atoms with E-state index < -0.39 is 11.7 Å². The first-order chi connectivity index (χ1) is 29.2. The molecule has 2 aliphatic heterocycles. The van der Waals surface area contributed by atoms with Gasteiger partial charge in [-0.05, 0) is 110 Å². The van der Waals surface area contributed by atoms with E-state index in [1.54, 1.807) is 4.90 Å². The highest BCUT2D eigenvalue weighted by Gasteiger charge is 2.46. The smallest absolute Gasteiger partial charge is 0.414 e. The third-order valence-corrected chi connectivity index (χ3v) is 12.9. The van der Waals surface area contributed by atoms with Gasteiger partial charge in [-0.3, -0.25) is 4.90 Å². The zero-order chi connectivity index (χ0) is 43.5. The van der Waals surface area contributed by atoms with Crippen LogP contribution in [0.15, 0.2) is 132 Å². The Hall–Kier alpha value is -4.93. The summed E-state index contributed by atoms with van der Waals surface area (Å²) >= 11 is 1.09. The van der Waals surface area contributed by atoms with Crippen LogP contribution in [-0.2, 0) is 24.9 Å². The Balaban J connectivity index is 1.32. The van der Waals surface area contributed by atoms with Crippen molar-refractivity contribution in [1.29, 1.82) is 0 Å². The maximum absolute atomic E-state index is 13.9. The van der Waals surface area contributed by atoms with Gasteiger partial charge in [-0.2, -0.15) is 4.58 Å². The molecule has 2 heterocycles. The van der Waals surface area contributed by atoms with E-state index >= 15 is 0 Å². The van der Waals surface area contributed by atoms with Gasteiger partial charge in [0.25, 0.3) is 0 Å². The van der Waals surface area contributed by atoms with Crippen LogP contribution in [0.25, 0.3) is 21.5 Å². The SMILES string of the molecule is CCCCCN1/C(=C/C=C2\C=CC(/C=C/C3=[N+](CCCCSOOO)c4ccc5ccccc5c4C3(C)C)=C2N(C)C(=O)OC(C)(C)C)C(C)(C)c2c1ccc1ccccc21. The number of allylic oxidation sites excluding steroid dienone is 8. The van der Waals surface area contributed by atoms with Gasteiger partial charge in [0.05, 0.1) is 11.1 Å². The summed E-state index contributed by atoms with van der Waals surface area (Å²) in [5, 5.41) is 17.4. The predicted molar refractivity (Wildman–Crippen MR) is 253 cm³/mol. The van der Waals surface area contributed by atoms with E-state index in [0.29, 0.717) is 5.75 Å². The van der Waals surface area contributed by atoms with Crippen LogP contribution in [0, 0.1) is 0 Å². The van der Waals surface area contributed by atoms with Crippen LogP contribution in [0.3, 0.4) is 0 Å². The summed E-state index contributed by atoms with van der Waals surface area (Å²) < 4.78 is 13.1. The number of rotatable bonds is 15. The molecule has 0 unspecified atom stereocenters. The highest BCUT2D eigenvalue weighted by molar-refractivity contribution is 7.94. The van der Waals surface area contributed by atoms with E-state index in [0.717, 1.165) is 67.7 Å². The van der Waals surface area contributed by atoms with Crippen molar-refractivity contribution in [3.63, 3.8) is 0 Å². The normalized spacial score (nSPS) is 18.2. The van der Waals surface area contributed by atoms with Crippen molar-refractivity contribution >= 4 is 56.8 Å². The summed E-state index contributed by atoms with van der Waals surface area (Å²) in [5.74, 6) is 0.688. The number of benzene rings is 4. The first-order valence-corrected chi connectivity index (χ1v) is 22.7. The van der Waals surface area contributed by atoms with E-state index in [1.807, 2.05) is 27.8 Å². The Morgan fingerprint density at radius 1 is 0.836 bits per heavy atom. The van der Waals surface area contributed by atoms with Crippen molar-refractivity contribution in [2.75, 3.05) is 30.8 Å². The highest BCUT2D eigenvalue weighted by Crippen LogP contribution is 2.51. The van der Waals surface area contributed by atoms with Gasteiger partial charge in [0.2, 0.25) is 5.69 Å². The number of hydrogen-bond acceptors (Lipinski definition) is 7. The molecule has 320 valence electrons. The Kier molecular flexibility index (Phi) is 13.2. The van der Waals surface area contributed by atoms with Crippen molar-refractivity contribution in [3.8, 4) is 0 Å². The minimum atomic E-state index is -0.657. The van der Waals surface area contributed by atoms with E-state index in [-0.39, 0.29) is 10.8 Å². The van der Waals surface area contributed by atoms with Gasteiger partial charge in [0.15, 0.2) is 5.71 Å². The van der Waals surface area contributed by atoms with Crippen LogP contribution in [-0.4, -0.2) is 58.0 Å². The van der Waals surface area contributed by atoms with Crippen LogP contribution in [0.4, 0.5) is 16.2 Å². The third kappa shape index (κ3) is 8.89. The number of ether oxygens (including phenoxy) is 1. The molecule has 7 rings (SSSR count). The van der Waals surface area contributed by atoms with Crippen molar-refractivity contribution < 1.29 is 28.7 Å². The number of carbonyl (C=O) groups excluding carboxylic acids is 1. The summed E-state index contributed by atoms with van der Waals surface area (Å²) in [6.45, 7) is 19.0. The van der Waals surface area contributed by atoms with E-state index in [1.165, 1.54) is 61.9 Å². The molecule has 0 atom stereocenters. The fourth-order valence-electron chi connectivity index (χ4n) is 9.48. The zero-order valence-electron chi connectivity index (χ0n) is 37.4. The van der Waals surface area contributed by atoms with Crippen molar-refractivity contribution in [2.24, 2.45) is 0 Å². The van der Waals surface area contributed by atoms with Crippen molar-refractivity contribution in [2.45, 2.75) is 104 Å². The number of amides is 1. The largest absolute Gasteiger partial charge is 0.443 e. The molecular formula is C52H62N3O5S+. The molecule has 1 N–H and O–H groups in total. The standard InChI is InChI=1S/C52H61N3O5S/c1-10-11-16-33-54-42-29-25-36-19-12-14-21-40(36)46(42)51(5,6)44(54)31-27-38-23-24-39(48(38)53(9)49(56)58-50(2,3)4)28-32-45-52(7,8)47-41-22-15-13-20-37(41)26-30-43(47)55(45)34-17-18-35-61-60-59-57/h12-15,19-32H,10-11,16-18,33-35H2,1-9H3/p+1. The molecule has 0 spiro atoms. The molecule has 1 aliphatic carbocycles. The average Bonchev–Trinajstić information content (AvgIpc) is 3.80. The number of hydrogen-bond donors (Lipinski definition) is 1. The fraction of sp³-hybridized carbons (Fsp3) is 0.385. The molecule has 3 aliphatic rings. The second-order valence-corrected chi connectivity index (χ2v) is 19.1. The van der Waals surface area contributed by atoms with E-state index in [9.17, 15) is 4.79 Å². The second kappa shape index (κ2) is 18.2. The summed E-state index contributed by atoms with van der Waals surface area (Å²) in [7, 11) is 1.81. The topological polar surface area (TPSA) is 74.5 Å². The lowest BCUT2D eigenvalue weighted by molar-refractivity contribution is -0.438. The van der Waals surface area contributed by atoms with Gasteiger partial charge in [-0.15, -0.1) is 4.33 Å². The van der Waals surface area contributed by atoms with Gasteiger partial charge in [0, 0.05) is 72.3 Å². The highest BCUT2D eigenvalue weighted by atomic mass is 32.2. The number of nitrogens with zero attached hydrogens (tertiary/aromatic N) is 3. The lowest BCUT2D eigenvalue weighted by Gasteiger charge is -2.28. The molecule has 0 fully saturated rings. The summed E-state index contributed by atoms with van der Waals surface area (Å²) in [6, 6.07) is 26.3. The minimum Gasteiger partial charge on any atom is -0.443 e. The zero-order valence-corrected chi connectivity index (χ0v) is 38.2. The Morgan fingerprint density at radius 3 is 2.21 bits per heavy atom. The predicted octanol–water partition coefficient (Wildman–Crippen LogP) is 13.3. The van der Waals surface area contributed by atoms with Crippen molar-refractivity contribution in [1.82, 2.24) is 4.90 Å². The van der Waals surface area contributed by atoms with Gasteiger partial charge in [-0.25, -0.2) is 10.1 Å². The number of likely N-dealkylation sites (N-methyl/N-ethyl adjacent to an activating group) is 1. The lowest BCUT2D eigenvalue weighted by Crippen LogP contribution is -2.34. The molecule has 0 bridgehead atoms. The quantitative estimate of drug-likeness (QED) is 0.0420. The van der Waals surface area contributed by atoms with E-state index in [4.69, 9.17) is 9.99 Å². The van der Waals surface area contributed by atoms with Crippen LogP contribution >= 0.6 is 12.0 Å². The van der Waals surface area contributed by atoms with Crippen LogP contribution in [0.5, 0.6) is 0 Å². The molecule has 1 amide bonds. The first-order valence-electron chi connectivity index (χ1n) is 21.8. The Labute approximate surface area is 366 Å². The van der Waals surface area contributed by atoms with Gasteiger partial charge in [0.1, 0.15) is 12.1 Å². The van der Waals surface area contributed by atoms with Gasteiger partial charge >= 0.3 is 6.09 Å². The summed E-state index contributed by atoms with van der Waals surface area (Å²) in [6.07, 6.45) is 17.9. The molecular weight excluding hydrogens is 779 g/mol. The molecule has 9 heteroatoms. The van der Waals surface area contributed by atoms with Crippen LogP contribution < -0.4 is 4.90 Å². The second-order valence-electron chi connectivity index (χ2n) is 18.4. The molecule has 0 saturated carbocycles. The fourth-order valence-corrected chi connectivity index (χ4v) is 9.91. The van der Waals surface area contributed by atoms with E-state index in [2.05, 4.69) is 163 Å². The molecule has 4 aromatic rings. The maximum atomic E-state index is 13.9. The molecule has 0 saturated heterocycles. The number of anilines is 1. The minimum absolute atomic E-state index is 0.253. The summed E-state index contributed by atoms with van der Waals surface area (Å²) in [4.78, 5) is 18.1. The number of unbranched alkanes of at least 4 members (excludes halogenated alkanes) is 3. The Bertz CT molecular complexity index is 2500. The van der Waals surface area contributed by atoms with Crippen LogP contribution in [0.1, 0.15) is 98.6 Å². The van der Waals surface area contributed by atoms with Crippen molar-refractivity contribution in [3.05, 3.63) is 143 Å². The number of carbonyl (C=O) groups is 1. The maximum Gasteiger partial charge on any atom is 0.414 e. The Morgan fingerprint density at radius 2 is 1.52 bits per heavy atom.